The summed E-state index contributed by atoms with van der Waals surface area (Å²) in [5, 5.41) is 12.5. The van der Waals surface area contributed by atoms with Crippen LogP contribution in [0.3, 0.4) is 0 Å². The molecule has 9 nitrogen and oxygen atoms in total. The summed E-state index contributed by atoms with van der Waals surface area (Å²) in [5.41, 5.74) is 1.68. The highest BCUT2D eigenvalue weighted by atomic mass is 35.5. The lowest BCUT2D eigenvalue weighted by atomic mass is 10.1. The van der Waals surface area contributed by atoms with Gasteiger partial charge in [0.1, 0.15) is 12.1 Å². The zero-order valence-electron chi connectivity index (χ0n) is 17.2. The van der Waals surface area contributed by atoms with E-state index >= 15 is 0 Å². The molecule has 0 spiro atoms. The Bertz CT molecular complexity index is 1150. The van der Waals surface area contributed by atoms with Crippen LogP contribution in [-0.4, -0.2) is 35.0 Å². The van der Waals surface area contributed by atoms with E-state index in [1.54, 1.807) is 57.3 Å². The minimum atomic E-state index is -0.627. The van der Waals surface area contributed by atoms with Crippen molar-refractivity contribution < 1.29 is 19.2 Å². The number of methoxy groups -OCH3 is 1. The molecule has 3 rings (SSSR count). The summed E-state index contributed by atoms with van der Waals surface area (Å²) >= 11 is 6.19. The van der Waals surface area contributed by atoms with E-state index in [-0.39, 0.29) is 17.3 Å². The third-order valence-electron chi connectivity index (χ3n) is 4.56. The molecule has 2 aromatic carbocycles. The summed E-state index contributed by atoms with van der Waals surface area (Å²) in [7, 11) is 2.81. The van der Waals surface area contributed by atoms with Crippen LogP contribution in [0.1, 0.15) is 21.5 Å². The topological polar surface area (TPSA) is 108 Å². The number of nitrogens with zero attached hydrogens (tertiary/aromatic N) is 4. The van der Waals surface area contributed by atoms with E-state index in [1.807, 2.05) is 0 Å². The van der Waals surface area contributed by atoms with Crippen molar-refractivity contribution in [1.82, 2.24) is 9.97 Å². The van der Waals surface area contributed by atoms with Crippen molar-refractivity contribution in [3.63, 3.8) is 0 Å². The van der Waals surface area contributed by atoms with Gasteiger partial charge < -0.3 is 14.4 Å². The van der Waals surface area contributed by atoms with Crippen LogP contribution in [0, 0.1) is 24.0 Å². The fourth-order valence-electron chi connectivity index (χ4n) is 3.07. The zero-order valence-corrected chi connectivity index (χ0v) is 18.0. The summed E-state index contributed by atoms with van der Waals surface area (Å²) in [5.74, 6) is -0.514. The number of esters is 1. The molecule has 0 unspecified atom stereocenters. The summed E-state index contributed by atoms with van der Waals surface area (Å²) in [6, 6.07) is 9.87. The van der Waals surface area contributed by atoms with Crippen LogP contribution in [0.5, 0.6) is 11.6 Å². The van der Waals surface area contributed by atoms with Crippen molar-refractivity contribution in [1.29, 1.82) is 0 Å². The Hall–Kier alpha value is -3.72. The molecule has 31 heavy (non-hydrogen) atoms. The zero-order chi connectivity index (χ0) is 22.7. The van der Waals surface area contributed by atoms with Crippen LogP contribution in [0.25, 0.3) is 0 Å². The molecule has 1 heterocycles. The normalized spacial score (nSPS) is 10.5. The predicted octanol–water partition coefficient (Wildman–Crippen LogP) is 5.00. The lowest BCUT2D eigenvalue weighted by Gasteiger charge is -2.21. The van der Waals surface area contributed by atoms with Gasteiger partial charge in [-0.15, -0.1) is 0 Å². The number of para-hydroxylation sites is 1. The number of hydrogen-bond donors (Lipinski definition) is 0. The number of nitro groups is 1. The molecule has 0 aliphatic heterocycles. The molecule has 0 saturated carbocycles. The number of ether oxygens (including phenoxy) is 2. The molecule has 0 fully saturated rings. The molecule has 1 aromatic heterocycles. The van der Waals surface area contributed by atoms with E-state index in [9.17, 15) is 14.9 Å². The maximum absolute atomic E-state index is 12.1. The first-order valence-corrected chi connectivity index (χ1v) is 9.47. The number of carbonyl (C=O) groups excluding carboxylic acids is 1. The molecule has 0 aliphatic rings. The predicted molar refractivity (Wildman–Crippen MR) is 116 cm³/mol. The highest BCUT2D eigenvalue weighted by molar-refractivity contribution is 6.32. The fraction of sp³-hybridized carbons (Fsp3) is 0.190. The number of aromatic nitrogens is 2. The first-order valence-electron chi connectivity index (χ1n) is 9.09. The minimum absolute atomic E-state index is 0.0474. The lowest BCUT2D eigenvalue weighted by molar-refractivity contribution is -0.385. The molecular weight excluding hydrogens is 424 g/mol. The van der Waals surface area contributed by atoms with Gasteiger partial charge in [0.05, 0.1) is 23.3 Å². The Morgan fingerprint density at radius 3 is 2.42 bits per heavy atom. The van der Waals surface area contributed by atoms with Crippen LogP contribution < -0.4 is 9.64 Å². The summed E-state index contributed by atoms with van der Waals surface area (Å²) in [6.45, 7) is 3.61. The van der Waals surface area contributed by atoms with E-state index < -0.39 is 16.6 Å². The fourth-order valence-corrected chi connectivity index (χ4v) is 3.18. The minimum Gasteiger partial charge on any atom is -0.465 e. The molecule has 0 N–H and O–H groups in total. The van der Waals surface area contributed by atoms with E-state index in [4.69, 9.17) is 21.1 Å². The molecule has 0 bridgehead atoms. The van der Waals surface area contributed by atoms with Crippen molar-refractivity contribution in [3.05, 3.63) is 74.6 Å². The molecule has 0 aliphatic carbocycles. The number of hydrogen-bond acceptors (Lipinski definition) is 8. The Balaban J connectivity index is 2.10. The third kappa shape index (κ3) is 4.41. The van der Waals surface area contributed by atoms with Crippen LogP contribution in [-0.2, 0) is 4.74 Å². The smallest absolute Gasteiger partial charge is 0.373 e. The number of carbonyl (C=O) groups is 1. The summed E-state index contributed by atoms with van der Waals surface area (Å²) < 4.78 is 10.6. The van der Waals surface area contributed by atoms with E-state index in [1.165, 1.54) is 12.0 Å². The number of rotatable bonds is 6. The van der Waals surface area contributed by atoms with E-state index in [2.05, 4.69) is 9.97 Å². The number of halogens is 1. The molecule has 3 aromatic rings. The van der Waals surface area contributed by atoms with Crippen molar-refractivity contribution in [2.75, 3.05) is 19.1 Å². The number of anilines is 2. The van der Waals surface area contributed by atoms with Crippen LogP contribution in [0.15, 0.2) is 42.7 Å². The van der Waals surface area contributed by atoms with Gasteiger partial charge in [0.15, 0.2) is 0 Å². The first kappa shape index (κ1) is 22.0. The van der Waals surface area contributed by atoms with Crippen molar-refractivity contribution in [2.45, 2.75) is 13.8 Å². The van der Waals surface area contributed by atoms with Gasteiger partial charge in [-0.2, -0.15) is 4.98 Å². The van der Waals surface area contributed by atoms with Gasteiger partial charge in [-0.1, -0.05) is 23.7 Å². The van der Waals surface area contributed by atoms with Gasteiger partial charge in [0, 0.05) is 12.1 Å². The average molecular weight is 443 g/mol. The first-order chi connectivity index (χ1) is 14.7. The van der Waals surface area contributed by atoms with Gasteiger partial charge >= 0.3 is 17.5 Å². The Morgan fingerprint density at radius 2 is 1.81 bits per heavy atom. The monoisotopic (exact) mass is 442 g/mol. The highest BCUT2D eigenvalue weighted by Crippen LogP contribution is 2.39. The second-order valence-corrected chi connectivity index (χ2v) is 7.03. The Morgan fingerprint density at radius 1 is 1.16 bits per heavy atom. The molecular formula is C21H19ClN4O5. The molecule has 10 heteroatoms. The second-order valence-electron chi connectivity index (χ2n) is 6.65. The Labute approximate surface area is 183 Å². The maximum Gasteiger partial charge on any atom is 0.373 e. The van der Waals surface area contributed by atoms with Crippen LogP contribution in [0.4, 0.5) is 17.2 Å². The highest BCUT2D eigenvalue weighted by Gasteiger charge is 2.29. The molecule has 0 radical (unpaired) electrons. The molecule has 0 atom stereocenters. The van der Waals surface area contributed by atoms with E-state index in [0.717, 1.165) is 17.5 Å². The quantitative estimate of drug-likeness (QED) is 0.298. The lowest BCUT2D eigenvalue weighted by Crippen LogP contribution is -2.18. The van der Waals surface area contributed by atoms with Crippen LogP contribution >= 0.6 is 11.6 Å². The standard InChI is InChI=1S/C21H19ClN4O5/c1-12-9-14(10-13(2)17(12)22)31-20-18(26(28)29)19(23-11-24-20)25(3)16-8-6-5-7-15(16)21(27)30-4/h5-11H,1-4H3. The van der Waals surface area contributed by atoms with Crippen LogP contribution in [0.2, 0.25) is 5.02 Å². The van der Waals surface area contributed by atoms with E-state index in [0.29, 0.717) is 16.5 Å². The largest absolute Gasteiger partial charge is 0.465 e. The van der Waals surface area contributed by atoms with Crippen molar-refractivity contribution in [3.8, 4) is 11.6 Å². The maximum atomic E-state index is 12.1. The molecule has 0 saturated heterocycles. The van der Waals surface area contributed by atoms with Gasteiger partial charge in [0.2, 0.25) is 5.82 Å². The number of aryl methyl sites for hydroxylation is 2. The SMILES string of the molecule is COC(=O)c1ccccc1N(C)c1ncnc(Oc2cc(C)c(Cl)c(C)c2)c1[N+](=O)[O-]. The molecule has 160 valence electrons. The second kappa shape index (κ2) is 8.97. The third-order valence-corrected chi connectivity index (χ3v) is 5.16. The summed E-state index contributed by atoms with van der Waals surface area (Å²) in [4.78, 5) is 32.9. The summed E-state index contributed by atoms with van der Waals surface area (Å²) in [6.07, 6.45) is 1.16. The van der Waals surface area contributed by atoms with Gasteiger partial charge in [-0.3, -0.25) is 10.1 Å². The average Bonchev–Trinajstić information content (AvgIpc) is 2.76. The number of benzene rings is 2. The van der Waals surface area contributed by atoms with Gasteiger partial charge in [0.25, 0.3) is 0 Å². The van der Waals surface area contributed by atoms with Crippen molar-refractivity contribution in [2.24, 2.45) is 0 Å². The molecule has 0 amide bonds. The van der Waals surface area contributed by atoms with Crippen molar-refractivity contribution >= 4 is 34.8 Å². The Kier molecular flexibility index (Phi) is 6.36. The van der Waals surface area contributed by atoms with Gasteiger partial charge in [-0.05, 0) is 49.2 Å². The van der Waals surface area contributed by atoms with Gasteiger partial charge in [-0.25, -0.2) is 9.78 Å².